The molecule has 1 aliphatic heterocycles. The van der Waals surface area contributed by atoms with E-state index in [0.717, 1.165) is 32.2 Å². The molecule has 5 nitrogen and oxygen atoms in total. The zero-order chi connectivity index (χ0) is 13.7. The molecule has 1 aromatic heterocycles. The molecule has 1 aliphatic rings. The third kappa shape index (κ3) is 3.10. The third-order valence-electron chi connectivity index (χ3n) is 3.36. The Morgan fingerprint density at radius 3 is 2.89 bits per heavy atom. The fourth-order valence-electron chi connectivity index (χ4n) is 2.35. The topological polar surface area (TPSA) is 59.5 Å². The van der Waals surface area contributed by atoms with Gasteiger partial charge in [0.15, 0.2) is 6.29 Å². The maximum atomic E-state index is 11.7. The predicted octanol–water partition coefficient (Wildman–Crippen LogP) is 1.67. The van der Waals surface area contributed by atoms with Crippen LogP contribution in [0, 0.1) is 5.92 Å². The Morgan fingerprint density at radius 2 is 2.26 bits per heavy atom. The molecule has 19 heavy (non-hydrogen) atoms. The Bertz CT molecular complexity index is 454. The molecule has 2 rings (SSSR count). The number of aromatic nitrogens is 1. The van der Waals surface area contributed by atoms with E-state index in [4.69, 9.17) is 4.74 Å². The van der Waals surface area contributed by atoms with Crippen LogP contribution in [-0.2, 0) is 9.53 Å². The van der Waals surface area contributed by atoms with Crippen molar-refractivity contribution in [1.29, 1.82) is 0 Å². The Labute approximate surface area is 112 Å². The molecular formula is C14H18N2O3. The van der Waals surface area contributed by atoms with Gasteiger partial charge in [0, 0.05) is 19.3 Å². The van der Waals surface area contributed by atoms with Crippen LogP contribution >= 0.6 is 0 Å². The first-order chi connectivity index (χ1) is 9.26. The lowest BCUT2D eigenvalue weighted by molar-refractivity contribution is -0.148. The first-order valence-corrected chi connectivity index (χ1v) is 6.58. The van der Waals surface area contributed by atoms with Crippen LogP contribution in [0.1, 0.15) is 30.1 Å². The van der Waals surface area contributed by atoms with Crippen LogP contribution in [-0.4, -0.2) is 36.9 Å². The molecule has 0 atom stereocenters. The number of carbonyl (C=O) groups is 2. The van der Waals surface area contributed by atoms with E-state index in [0.29, 0.717) is 18.0 Å². The number of hydrogen-bond donors (Lipinski definition) is 0. The molecule has 0 aliphatic carbocycles. The van der Waals surface area contributed by atoms with Crippen molar-refractivity contribution in [2.45, 2.75) is 19.8 Å². The van der Waals surface area contributed by atoms with E-state index in [1.807, 2.05) is 6.92 Å². The highest BCUT2D eigenvalue weighted by Crippen LogP contribution is 2.24. The molecule has 1 saturated heterocycles. The highest BCUT2D eigenvalue weighted by Gasteiger charge is 2.27. The van der Waals surface area contributed by atoms with E-state index in [2.05, 4.69) is 9.88 Å². The number of nitrogens with zero attached hydrogens (tertiary/aromatic N) is 2. The summed E-state index contributed by atoms with van der Waals surface area (Å²) in [6, 6.07) is 3.51. The van der Waals surface area contributed by atoms with Crippen LogP contribution in [0.4, 0.5) is 5.82 Å². The second-order valence-electron chi connectivity index (χ2n) is 4.55. The maximum absolute atomic E-state index is 11.7. The van der Waals surface area contributed by atoms with E-state index in [1.54, 1.807) is 18.3 Å². The Morgan fingerprint density at radius 1 is 1.53 bits per heavy atom. The molecule has 0 spiro atoms. The summed E-state index contributed by atoms with van der Waals surface area (Å²) in [4.78, 5) is 29.0. The Kier molecular flexibility index (Phi) is 4.49. The summed E-state index contributed by atoms with van der Waals surface area (Å²) in [5.41, 5.74) is 0.595. The van der Waals surface area contributed by atoms with Gasteiger partial charge in [-0.25, -0.2) is 4.98 Å². The van der Waals surface area contributed by atoms with Crippen molar-refractivity contribution in [3.05, 3.63) is 23.9 Å². The number of hydrogen-bond acceptors (Lipinski definition) is 5. The fourth-order valence-corrected chi connectivity index (χ4v) is 2.35. The van der Waals surface area contributed by atoms with Gasteiger partial charge in [-0.05, 0) is 31.9 Å². The largest absolute Gasteiger partial charge is 0.466 e. The van der Waals surface area contributed by atoms with Crippen molar-refractivity contribution in [3.8, 4) is 0 Å². The number of carbonyl (C=O) groups excluding carboxylic acids is 2. The lowest BCUT2D eigenvalue weighted by Crippen LogP contribution is -2.37. The maximum Gasteiger partial charge on any atom is 0.309 e. The van der Waals surface area contributed by atoms with Gasteiger partial charge >= 0.3 is 5.97 Å². The fraction of sp³-hybridized carbons (Fsp3) is 0.500. The van der Waals surface area contributed by atoms with Crippen molar-refractivity contribution < 1.29 is 14.3 Å². The first-order valence-electron chi connectivity index (χ1n) is 6.58. The predicted molar refractivity (Wildman–Crippen MR) is 71.2 cm³/mol. The molecule has 1 aromatic rings. The Balaban J connectivity index is 2.00. The Hall–Kier alpha value is -1.91. The van der Waals surface area contributed by atoms with Crippen molar-refractivity contribution in [2.24, 2.45) is 5.92 Å². The molecule has 0 unspecified atom stereocenters. The number of aldehydes is 1. The van der Waals surface area contributed by atoms with Gasteiger partial charge in [-0.1, -0.05) is 0 Å². The van der Waals surface area contributed by atoms with E-state index in [-0.39, 0.29) is 11.9 Å². The van der Waals surface area contributed by atoms with Crippen LogP contribution in [0.25, 0.3) is 0 Å². The minimum Gasteiger partial charge on any atom is -0.466 e. The molecule has 102 valence electrons. The molecule has 0 N–H and O–H groups in total. The summed E-state index contributed by atoms with van der Waals surface area (Å²) >= 11 is 0. The number of esters is 1. The van der Waals surface area contributed by atoms with Crippen LogP contribution in [0.15, 0.2) is 18.3 Å². The average molecular weight is 262 g/mol. The number of anilines is 1. The van der Waals surface area contributed by atoms with Crippen molar-refractivity contribution >= 4 is 18.1 Å². The molecular weight excluding hydrogens is 244 g/mol. The van der Waals surface area contributed by atoms with Crippen molar-refractivity contribution in [2.75, 3.05) is 24.6 Å². The van der Waals surface area contributed by atoms with Gasteiger partial charge in [0.1, 0.15) is 5.82 Å². The second kappa shape index (κ2) is 6.31. The van der Waals surface area contributed by atoms with E-state index in [9.17, 15) is 9.59 Å². The number of pyridine rings is 1. The summed E-state index contributed by atoms with van der Waals surface area (Å²) in [7, 11) is 0. The summed E-state index contributed by atoms with van der Waals surface area (Å²) in [5.74, 6) is 0.568. The number of rotatable bonds is 4. The molecule has 0 radical (unpaired) electrons. The van der Waals surface area contributed by atoms with Crippen molar-refractivity contribution in [3.63, 3.8) is 0 Å². The van der Waals surface area contributed by atoms with Crippen LogP contribution in [0.5, 0.6) is 0 Å². The quantitative estimate of drug-likeness (QED) is 0.610. The molecule has 2 heterocycles. The average Bonchev–Trinajstić information content (AvgIpc) is 2.47. The zero-order valence-electron chi connectivity index (χ0n) is 11.0. The smallest absolute Gasteiger partial charge is 0.309 e. The minimum absolute atomic E-state index is 0.0282. The normalized spacial score (nSPS) is 16.2. The molecule has 0 saturated carbocycles. The highest BCUT2D eigenvalue weighted by atomic mass is 16.5. The van der Waals surface area contributed by atoms with E-state index in [1.165, 1.54) is 0 Å². The SMILES string of the molecule is CCOC(=O)C1CCN(c2ncccc2C=O)CC1. The third-order valence-corrected chi connectivity index (χ3v) is 3.36. The molecule has 0 aromatic carbocycles. The molecule has 0 bridgehead atoms. The first kappa shape index (κ1) is 13.5. The van der Waals surface area contributed by atoms with Gasteiger partial charge < -0.3 is 9.64 Å². The lowest BCUT2D eigenvalue weighted by atomic mass is 9.97. The summed E-state index contributed by atoms with van der Waals surface area (Å²) < 4.78 is 5.04. The van der Waals surface area contributed by atoms with Crippen LogP contribution in [0.2, 0.25) is 0 Å². The van der Waals surface area contributed by atoms with Gasteiger partial charge in [0.05, 0.1) is 18.1 Å². The number of ether oxygens (including phenoxy) is 1. The summed E-state index contributed by atoms with van der Waals surface area (Å²) in [6.07, 6.45) is 3.99. The minimum atomic E-state index is -0.112. The van der Waals surface area contributed by atoms with Crippen molar-refractivity contribution in [1.82, 2.24) is 4.98 Å². The summed E-state index contributed by atoms with van der Waals surface area (Å²) in [5, 5.41) is 0. The van der Waals surface area contributed by atoms with E-state index < -0.39 is 0 Å². The standard InChI is InChI=1S/C14H18N2O3/c1-2-19-14(18)11-5-8-16(9-6-11)13-12(10-17)4-3-7-15-13/h3-4,7,10-11H,2,5-6,8-9H2,1H3. The van der Waals surface area contributed by atoms with Gasteiger partial charge in [0.25, 0.3) is 0 Å². The number of piperidine rings is 1. The van der Waals surface area contributed by atoms with Crippen LogP contribution < -0.4 is 4.90 Å². The lowest BCUT2D eigenvalue weighted by Gasteiger charge is -2.32. The van der Waals surface area contributed by atoms with Gasteiger partial charge in [-0.3, -0.25) is 9.59 Å². The van der Waals surface area contributed by atoms with Gasteiger partial charge in [0.2, 0.25) is 0 Å². The summed E-state index contributed by atoms with van der Waals surface area (Å²) in [6.45, 7) is 3.69. The molecule has 5 heteroatoms. The molecule has 0 amide bonds. The van der Waals surface area contributed by atoms with E-state index >= 15 is 0 Å². The van der Waals surface area contributed by atoms with Gasteiger partial charge in [-0.15, -0.1) is 0 Å². The second-order valence-corrected chi connectivity index (χ2v) is 4.55. The monoisotopic (exact) mass is 262 g/mol. The zero-order valence-corrected chi connectivity index (χ0v) is 11.0. The van der Waals surface area contributed by atoms with Crippen LogP contribution in [0.3, 0.4) is 0 Å². The molecule has 1 fully saturated rings. The highest BCUT2D eigenvalue weighted by molar-refractivity contribution is 5.82. The van der Waals surface area contributed by atoms with Gasteiger partial charge in [-0.2, -0.15) is 0 Å².